The van der Waals surface area contributed by atoms with E-state index in [9.17, 15) is 13.7 Å². The van der Waals surface area contributed by atoms with Gasteiger partial charge in [0.15, 0.2) is 0 Å². The van der Waals surface area contributed by atoms with Crippen LogP contribution in [0.25, 0.3) is 33.4 Å². The summed E-state index contributed by atoms with van der Waals surface area (Å²) in [6.07, 6.45) is 0.552. The number of rotatable bonds is 2. The van der Waals surface area contributed by atoms with Crippen molar-refractivity contribution in [3.05, 3.63) is 159 Å². The molecule has 6 aromatic carbocycles. The molecule has 3 atom stereocenters. The fraction of sp³-hybridized carbons (Fsp3) is 0.136. The Bertz CT molecular complexity index is 2360. The zero-order chi connectivity index (χ0) is 37.4. The summed E-state index contributed by atoms with van der Waals surface area (Å²) in [6, 6.07) is 46.4. The van der Waals surface area contributed by atoms with Crippen molar-refractivity contribution in [1.29, 1.82) is 0 Å². The summed E-state index contributed by atoms with van der Waals surface area (Å²) in [5.74, 6) is 2.11. The van der Waals surface area contributed by atoms with Crippen LogP contribution in [0.15, 0.2) is 146 Å². The molecule has 0 amide bonds. The molecule has 3 heterocycles. The van der Waals surface area contributed by atoms with Gasteiger partial charge in [0.25, 0.3) is 7.37 Å². The molecular formula is C44H41O6P3Y-2. The molecule has 1 radical (unpaired) electrons. The largest absolute Gasteiger partial charge is 0.441 e. The zero-order valence-electron chi connectivity index (χ0n) is 30.6. The maximum absolute atomic E-state index is 13.4. The standard InChI is InChI=1S/C16H17O2P.2C14H12O2P.Y/c1-16(2,3)19(17)15-11-7-5-9-13(15)12-8-4-6-10-14(12)18-19;2*1-2-17(15)14-10-6-4-8-12(14)11-7-3-5-9-13(11)16-17;/h4-11H,1-3H3;2*3-10H,1-2H2;/q;2*-1;. The summed E-state index contributed by atoms with van der Waals surface area (Å²) < 4.78 is 56.2. The predicted octanol–water partition coefficient (Wildman–Crippen LogP) is 11.4. The minimum Gasteiger partial charge on any atom is -0.441 e. The van der Waals surface area contributed by atoms with Crippen LogP contribution < -0.4 is 29.5 Å². The van der Waals surface area contributed by atoms with Crippen LogP contribution >= 0.6 is 22.1 Å². The van der Waals surface area contributed by atoms with E-state index in [1.807, 2.05) is 166 Å². The average Bonchev–Trinajstić information content (AvgIpc) is 3.18. The van der Waals surface area contributed by atoms with E-state index in [-0.39, 0.29) is 45.0 Å². The number of fused-ring (bicyclic) bond motifs is 9. The molecule has 10 heteroatoms. The molecule has 0 aliphatic carbocycles. The Morgan fingerprint density at radius 1 is 0.426 bits per heavy atom. The van der Waals surface area contributed by atoms with Crippen LogP contribution in [-0.4, -0.2) is 17.5 Å². The van der Waals surface area contributed by atoms with E-state index in [2.05, 4.69) is 13.8 Å². The second-order valence-corrected chi connectivity index (χ2v) is 21.9. The van der Waals surface area contributed by atoms with E-state index in [1.54, 1.807) is 0 Å². The Labute approximate surface area is 343 Å². The van der Waals surface area contributed by atoms with Crippen molar-refractivity contribution in [2.45, 2.75) is 25.9 Å². The first-order valence-electron chi connectivity index (χ1n) is 17.4. The van der Waals surface area contributed by atoms with Gasteiger partial charge in [0.1, 0.15) is 17.2 Å². The summed E-state index contributed by atoms with van der Waals surface area (Å²) in [5.41, 5.74) is 6.06. The van der Waals surface area contributed by atoms with Crippen LogP contribution in [0.2, 0.25) is 0 Å². The SMILES string of the molecule is CC(C)(C)P1(=O)Oc2ccccc2-c2ccccc21.[CH2-]CP1(=O)Oc2ccccc2-c2ccccc21.[CH2-]CP1(=O)Oc2ccccc2-c2ccccc21.[Y]. The Balaban J connectivity index is 0.000000137. The number of benzene rings is 6. The second kappa shape index (κ2) is 15.9. The maximum atomic E-state index is 13.4. The molecule has 3 unspecified atom stereocenters. The van der Waals surface area contributed by atoms with Crippen molar-refractivity contribution >= 4 is 38.0 Å². The molecule has 0 N–H and O–H groups in total. The van der Waals surface area contributed by atoms with Gasteiger partial charge in [-0.25, -0.2) is 0 Å². The first-order chi connectivity index (χ1) is 25.4. The van der Waals surface area contributed by atoms with Crippen LogP contribution in [0.4, 0.5) is 0 Å². The van der Waals surface area contributed by atoms with Crippen LogP contribution in [-0.2, 0) is 46.4 Å². The summed E-state index contributed by atoms with van der Waals surface area (Å²) in [6.45, 7) is 13.4. The Hall–Kier alpha value is -3.49. The van der Waals surface area contributed by atoms with Gasteiger partial charge < -0.3 is 27.4 Å². The third kappa shape index (κ3) is 7.30. The van der Waals surface area contributed by atoms with Crippen LogP contribution in [0, 0.1) is 13.8 Å². The van der Waals surface area contributed by atoms with Crippen molar-refractivity contribution in [2.75, 3.05) is 12.3 Å². The summed E-state index contributed by atoms with van der Waals surface area (Å²) in [4.78, 5) is 0. The molecule has 3 aliphatic heterocycles. The third-order valence-electron chi connectivity index (χ3n) is 9.49. The quantitative estimate of drug-likeness (QED) is 0.128. The molecule has 273 valence electrons. The smallest absolute Gasteiger partial charge is 0.283 e. The van der Waals surface area contributed by atoms with E-state index in [4.69, 9.17) is 13.6 Å². The number of para-hydroxylation sites is 3. The topological polar surface area (TPSA) is 78.9 Å². The van der Waals surface area contributed by atoms with Gasteiger partial charge in [0.05, 0.1) is 21.1 Å². The van der Waals surface area contributed by atoms with Gasteiger partial charge in [-0.2, -0.15) is 0 Å². The minimum absolute atomic E-state index is 0. The minimum atomic E-state index is -2.92. The van der Waals surface area contributed by atoms with Crippen molar-refractivity contribution in [2.24, 2.45) is 0 Å². The molecule has 0 saturated carbocycles. The van der Waals surface area contributed by atoms with Gasteiger partial charge in [-0.05, 0) is 73.9 Å². The normalized spacial score (nSPS) is 20.8. The molecule has 6 nitrogen and oxygen atoms in total. The van der Waals surface area contributed by atoms with Crippen LogP contribution in [0.1, 0.15) is 20.8 Å². The fourth-order valence-electron chi connectivity index (χ4n) is 6.70. The predicted molar refractivity (Wildman–Crippen MR) is 219 cm³/mol. The first-order valence-corrected chi connectivity index (χ1v) is 22.7. The van der Waals surface area contributed by atoms with E-state index in [1.165, 1.54) is 0 Å². The summed E-state index contributed by atoms with van der Waals surface area (Å²) in [5, 5.41) is 1.99. The number of hydrogen-bond donors (Lipinski definition) is 0. The molecule has 9 rings (SSSR count). The van der Waals surface area contributed by atoms with E-state index >= 15 is 0 Å². The molecule has 0 aromatic heterocycles. The maximum Gasteiger partial charge on any atom is 0.283 e. The molecule has 0 saturated heterocycles. The van der Waals surface area contributed by atoms with Crippen LogP contribution in [0.3, 0.4) is 0 Å². The van der Waals surface area contributed by atoms with E-state index in [0.29, 0.717) is 11.5 Å². The number of hydrogen-bond acceptors (Lipinski definition) is 6. The summed E-state index contributed by atoms with van der Waals surface area (Å²) >= 11 is 0. The average molecular weight is 848 g/mol. The monoisotopic (exact) mass is 847 g/mol. The third-order valence-corrected chi connectivity index (χ3v) is 17.1. The first kappa shape index (κ1) is 40.2. The van der Waals surface area contributed by atoms with Gasteiger partial charge >= 0.3 is 0 Å². The van der Waals surface area contributed by atoms with Gasteiger partial charge in [0.2, 0.25) is 14.7 Å². The van der Waals surface area contributed by atoms with E-state index in [0.717, 1.165) is 55.0 Å². The molecule has 0 spiro atoms. The van der Waals surface area contributed by atoms with Crippen molar-refractivity contribution in [3.63, 3.8) is 0 Å². The van der Waals surface area contributed by atoms with E-state index < -0.39 is 27.3 Å². The Morgan fingerprint density at radius 3 is 1.06 bits per heavy atom. The van der Waals surface area contributed by atoms with Gasteiger partial charge in [-0.15, -0.1) is 0 Å². The molecule has 54 heavy (non-hydrogen) atoms. The molecular weight excluding hydrogens is 806 g/mol. The molecule has 6 aromatic rings. The molecule has 0 fully saturated rings. The van der Waals surface area contributed by atoms with Crippen molar-refractivity contribution in [3.8, 4) is 50.6 Å². The fourth-order valence-corrected chi connectivity index (χ4v) is 12.6. The van der Waals surface area contributed by atoms with Crippen molar-refractivity contribution < 1.29 is 60.0 Å². The van der Waals surface area contributed by atoms with Crippen LogP contribution in [0.5, 0.6) is 17.2 Å². The Morgan fingerprint density at radius 2 is 0.704 bits per heavy atom. The van der Waals surface area contributed by atoms with Crippen molar-refractivity contribution in [1.82, 2.24) is 0 Å². The van der Waals surface area contributed by atoms with Gasteiger partial charge in [0, 0.05) is 49.4 Å². The zero-order valence-corrected chi connectivity index (χ0v) is 36.1. The van der Waals surface area contributed by atoms with Gasteiger partial charge in [-0.1, -0.05) is 122 Å². The summed E-state index contributed by atoms with van der Waals surface area (Å²) in [7, 11) is -8.58. The van der Waals surface area contributed by atoms with Gasteiger partial charge in [-0.3, -0.25) is 13.7 Å². The molecule has 3 aliphatic rings. The second-order valence-electron chi connectivity index (χ2n) is 13.8. The molecule has 0 bridgehead atoms. The Kier molecular flexibility index (Phi) is 11.9.